The van der Waals surface area contributed by atoms with Gasteiger partial charge >= 0.3 is 0 Å². The highest BCUT2D eigenvalue weighted by Crippen LogP contribution is 2.16. The van der Waals surface area contributed by atoms with Gasteiger partial charge in [-0.2, -0.15) is 9.90 Å². The predicted octanol–water partition coefficient (Wildman–Crippen LogP) is 0.819. The molecule has 5 heteroatoms. The Morgan fingerprint density at radius 3 is 3.21 bits per heavy atom. The third-order valence-corrected chi connectivity index (χ3v) is 2.46. The molecule has 1 aromatic heterocycles. The van der Waals surface area contributed by atoms with Gasteiger partial charge in [-0.15, -0.1) is 5.10 Å². The lowest BCUT2D eigenvalue weighted by molar-refractivity contribution is 0.101. The summed E-state index contributed by atoms with van der Waals surface area (Å²) in [5, 5.41) is 8.04. The summed E-state index contributed by atoms with van der Waals surface area (Å²) in [6.07, 6.45) is 6.60. The van der Waals surface area contributed by atoms with E-state index in [1.165, 1.54) is 12.8 Å². The van der Waals surface area contributed by atoms with E-state index in [0.717, 1.165) is 26.0 Å². The lowest BCUT2D eigenvalue weighted by Crippen LogP contribution is -2.08. The molecule has 1 atom stereocenters. The standard InChI is InChI=1S/C9H16N4O/c10-9-7-11-13(12-9)5-1-3-8-4-2-6-14-8/h7-8H,1-6H2,(H2,10,12). The van der Waals surface area contributed by atoms with E-state index in [0.29, 0.717) is 11.9 Å². The molecule has 14 heavy (non-hydrogen) atoms. The minimum absolute atomic E-state index is 0.461. The molecule has 2 N–H and O–H groups in total. The predicted molar refractivity (Wildman–Crippen MR) is 52.6 cm³/mol. The van der Waals surface area contributed by atoms with Crippen LogP contribution in [-0.4, -0.2) is 27.7 Å². The molecule has 1 aliphatic heterocycles. The van der Waals surface area contributed by atoms with Gasteiger partial charge in [-0.1, -0.05) is 0 Å². The van der Waals surface area contributed by atoms with Crippen LogP contribution in [0.5, 0.6) is 0 Å². The first-order chi connectivity index (χ1) is 6.84. The van der Waals surface area contributed by atoms with E-state index in [9.17, 15) is 0 Å². The first-order valence-electron chi connectivity index (χ1n) is 5.12. The summed E-state index contributed by atoms with van der Waals surface area (Å²) in [7, 11) is 0. The molecule has 0 radical (unpaired) electrons. The number of nitrogens with zero attached hydrogens (tertiary/aromatic N) is 3. The molecule has 1 aliphatic rings. The Kier molecular flexibility index (Phi) is 2.98. The second kappa shape index (κ2) is 4.41. The van der Waals surface area contributed by atoms with Crippen molar-refractivity contribution in [2.45, 2.75) is 38.3 Å². The van der Waals surface area contributed by atoms with Gasteiger partial charge < -0.3 is 10.5 Å². The Morgan fingerprint density at radius 1 is 1.64 bits per heavy atom. The molecule has 1 saturated heterocycles. The van der Waals surface area contributed by atoms with E-state index >= 15 is 0 Å². The molecule has 78 valence electrons. The van der Waals surface area contributed by atoms with Crippen molar-refractivity contribution >= 4 is 5.82 Å². The van der Waals surface area contributed by atoms with Crippen molar-refractivity contribution in [3.63, 3.8) is 0 Å². The van der Waals surface area contributed by atoms with Crippen LogP contribution in [0.15, 0.2) is 6.20 Å². The Morgan fingerprint density at radius 2 is 2.57 bits per heavy atom. The normalized spacial score (nSPS) is 21.6. The summed E-state index contributed by atoms with van der Waals surface area (Å²) in [5.41, 5.74) is 5.45. The van der Waals surface area contributed by atoms with Crippen molar-refractivity contribution in [2.24, 2.45) is 0 Å². The zero-order valence-electron chi connectivity index (χ0n) is 8.22. The molecule has 1 unspecified atom stereocenters. The minimum Gasteiger partial charge on any atom is -0.381 e. The van der Waals surface area contributed by atoms with Gasteiger partial charge in [0.15, 0.2) is 5.82 Å². The smallest absolute Gasteiger partial charge is 0.165 e. The summed E-state index contributed by atoms with van der Waals surface area (Å²) in [5.74, 6) is 0.488. The van der Waals surface area contributed by atoms with E-state index < -0.39 is 0 Å². The monoisotopic (exact) mass is 196 g/mol. The van der Waals surface area contributed by atoms with Gasteiger partial charge in [-0.25, -0.2) is 0 Å². The zero-order valence-corrected chi connectivity index (χ0v) is 8.22. The van der Waals surface area contributed by atoms with Crippen LogP contribution in [0.3, 0.4) is 0 Å². The van der Waals surface area contributed by atoms with Gasteiger partial charge in [-0.05, 0) is 25.7 Å². The number of hydrogen-bond acceptors (Lipinski definition) is 4. The fourth-order valence-corrected chi connectivity index (χ4v) is 1.75. The fourth-order valence-electron chi connectivity index (χ4n) is 1.75. The molecule has 2 heterocycles. The summed E-state index contributed by atoms with van der Waals surface area (Å²) >= 11 is 0. The van der Waals surface area contributed by atoms with E-state index in [1.54, 1.807) is 11.0 Å². The Labute approximate surface area is 83.2 Å². The van der Waals surface area contributed by atoms with Crippen LogP contribution in [0.2, 0.25) is 0 Å². The van der Waals surface area contributed by atoms with Crippen LogP contribution >= 0.6 is 0 Å². The first kappa shape index (κ1) is 9.45. The maximum atomic E-state index is 5.52. The molecule has 0 aromatic carbocycles. The average Bonchev–Trinajstić information content (AvgIpc) is 2.77. The van der Waals surface area contributed by atoms with Crippen molar-refractivity contribution < 1.29 is 4.74 Å². The molecular formula is C9H16N4O. The molecule has 0 saturated carbocycles. The number of hydrogen-bond donors (Lipinski definition) is 1. The molecule has 0 spiro atoms. The van der Waals surface area contributed by atoms with Crippen molar-refractivity contribution in [3.05, 3.63) is 6.20 Å². The molecule has 2 rings (SSSR count). The van der Waals surface area contributed by atoms with E-state index in [1.807, 2.05) is 0 Å². The van der Waals surface area contributed by atoms with Crippen molar-refractivity contribution in [1.82, 2.24) is 15.0 Å². The molecule has 1 fully saturated rings. The third-order valence-electron chi connectivity index (χ3n) is 2.46. The maximum absolute atomic E-state index is 5.52. The highest BCUT2D eigenvalue weighted by molar-refractivity contribution is 5.19. The molecule has 0 amide bonds. The van der Waals surface area contributed by atoms with Gasteiger partial charge in [0.05, 0.1) is 18.8 Å². The highest BCUT2D eigenvalue weighted by atomic mass is 16.5. The van der Waals surface area contributed by atoms with E-state index in [-0.39, 0.29) is 0 Å². The second-order valence-corrected chi connectivity index (χ2v) is 3.64. The fraction of sp³-hybridized carbons (Fsp3) is 0.778. The average molecular weight is 196 g/mol. The summed E-state index contributed by atoms with van der Waals surface area (Å²) < 4.78 is 5.52. The van der Waals surface area contributed by atoms with Crippen LogP contribution in [-0.2, 0) is 11.3 Å². The topological polar surface area (TPSA) is 66.0 Å². The third kappa shape index (κ3) is 2.45. The number of nitrogen functional groups attached to an aromatic ring is 1. The van der Waals surface area contributed by atoms with Crippen LogP contribution in [0.4, 0.5) is 5.82 Å². The SMILES string of the molecule is Nc1cnn(CCCC2CCCO2)n1. The summed E-state index contributed by atoms with van der Waals surface area (Å²) in [4.78, 5) is 1.64. The Hall–Kier alpha value is -1.10. The lowest BCUT2D eigenvalue weighted by atomic mass is 10.1. The van der Waals surface area contributed by atoms with Gasteiger partial charge in [-0.3, -0.25) is 0 Å². The van der Waals surface area contributed by atoms with Crippen LogP contribution in [0.25, 0.3) is 0 Å². The second-order valence-electron chi connectivity index (χ2n) is 3.64. The molecule has 0 aliphatic carbocycles. The van der Waals surface area contributed by atoms with Crippen LogP contribution in [0, 0.1) is 0 Å². The van der Waals surface area contributed by atoms with Crippen molar-refractivity contribution in [1.29, 1.82) is 0 Å². The number of nitrogens with two attached hydrogens (primary N) is 1. The largest absolute Gasteiger partial charge is 0.381 e. The van der Waals surface area contributed by atoms with Gasteiger partial charge in [0.25, 0.3) is 0 Å². The Bertz CT molecular complexity index is 280. The van der Waals surface area contributed by atoms with Crippen LogP contribution in [0.1, 0.15) is 25.7 Å². The highest BCUT2D eigenvalue weighted by Gasteiger charge is 2.14. The lowest BCUT2D eigenvalue weighted by Gasteiger charge is -2.07. The molecule has 1 aromatic rings. The van der Waals surface area contributed by atoms with E-state index in [2.05, 4.69) is 10.2 Å². The molecule has 5 nitrogen and oxygen atoms in total. The molecule has 0 bridgehead atoms. The number of anilines is 1. The van der Waals surface area contributed by atoms with Gasteiger partial charge in [0, 0.05) is 6.61 Å². The first-order valence-corrected chi connectivity index (χ1v) is 5.12. The van der Waals surface area contributed by atoms with Gasteiger partial charge in [0.1, 0.15) is 0 Å². The number of aromatic nitrogens is 3. The summed E-state index contributed by atoms with van der Waals surface area (Å²) in [6, 6.07) is 0. The van der Waals surface area contributed by atoms with Gasteiger partial charge in [0.2, 0.25) is 0 Å². The maximum Gasteiger partial charge on any atom is 0.165 e. The quantitative estimate of drug-likeness (QED) is 0.774. The van der Waals surface area contributed by atoms with Crippen molar-refractivity contribution in [3.8, 4) is 0 Å². The molecular weight excluding hydrogens is 180 g/mol. The number of ether oxygens (including phenoxy) is 1. The Balaban J connectivity index is 1.67. The minimum atomic E-state index is 0.461. The van der Waals surface area contributed by atoms with Crippen LogP contribution < -0.4 is 5.73 Å². The van der Waals surface area contributed by atoms with E-state index in [4.69, 9.17) is 10.5 Å². The number of rotatable bonds is 4. The zero-order chi connectivity index (χ0) is 9.80. The number of aryl methyl sites for hydroxylation is 1. The van der Waals surface area contributed by atoms with Crippen molar-refractivity contribution in [2.75, 3.05) is 12.3 Å². The summed E-state index contributed by atoms with van der Waals surface area (Å²) in [6.45, 7) is 1.76.